The average Bonchev–Trinajstić information content (AvgIpc) is 3.70. The van der Waals surface area contributed by atoms with Crippen LogP contribution >= 0.6 is 28.5 Å². The Bertz CT molecular complexity index is 2950. The SMILES string of the molecule is CCc1cc(C(c2ccccc2)c2ccccc2)cc(CC)c1N=C1C(=Nc2c(CC)cc(C(c3ccccc3)c3ccccc3)cc2CC)c2ccc(-c3ccccc3)c3cccc1c23.[Br][Ni][Br]. The summed E-state index contributed by atoms with van der Waals surface area (Å²) in [6.07, 6.45) is 3.43. The molecule has 69 heavy (non-hydrogen) atoms. The Balaban J connectivity index is 0.00000193. The number of rotatable bonds is 13. The first-order chi connectivity index (χ1) is 34.0. The van der Waals surface area contributed by atoms with Crippen molar-refractivity contribution in [1.29, 1.82) is 0 Å². The first-order valence-corrected chi connectivity index (χ1v) is 29.0. The normalized spacial score (nSPS) is 13.2. The van der Waals surface area contributed by atoms with Gasteiger partial charge in [0.25, 0.3) is 0 Å². The molecule has 0 atom stereocenters. The summed E-state index contributed by atoms with van der Waals surface area (Å²) in [7, 11) is 1.25. The van der Waals surface area contributed by atoms with Crippen molar-refractivity contribution in [2.75, 3.05) is 0 Å². The van der Waals surface area contributed by atoms with Gasteiger partial charge in [-0.2, -0.15) is 0 Å². The molecular formula is C64H56Br2N2Ni. The van der Waals surface area contributed by atoms with Gasteiger partial charge in [-0.1, -0.05) is 234 Å². The molecule has 5 heteroatoms. The molecule has 2 nitrogen and oxygen atoms in total. The van der Waals surface area contributed by atoms with Gasteiger partial charge >= 0.3 is 39.3 Å². The van der Waals surface area contributed by atoms with Crippen LogP contribution in [0.5, 0.6) is 0 Å². The molecule has 9 aromatic rings. The average molecular weight is 1070 g/mol. The van der Waals surface area contributed by atoms with Gasteiger partial charge in [0, 0.05) is 28.3 Å². The van der Waals surface area contributed by atoms with Crippen LogP contribution in [-0.4, -0.2) is 11.4 Å². The van der Waals surface area contributed by atoms with Crippen molar-refractivity contribution in [3.8, 4) is 11.1 Å². The number of aryl methyl sites for hydroxylation is 4. The predicted molar refractivity (Wildman–Crippen MR) is 298 cm³/mol. The van der Waals surface area contributed by atoms with E-state index in [4.69, 9.17) is 9.98 Å². The number of nitrogens with zero attached hydrogens (tertiary/aromatic N) is 2. The van der Waals surface area contributed by atoms with Gasteiger partial charge in [-0.3, -0.25) is 0 Å². The Kier molecular flexibility index (Phi) is 15.8. The Morgan fingerprint density at radius 1 is 0.362 bits per heavy atom. The first-order valence-electron chi connectivity index (χ1n) is 24.1. The number of benzene rings is 9. The molecule has 9 aromatic carbocycles. The van der Waals surface area contributed by atoms with Gasteiger partial charge in [0.05, 0.1) is 22.8 Å². The second-order valence-corrected chi connectivity index (χ2v) is 22.5. The predicted octanol–water partition coefficient (Wildman–Crippen LogP) is 18.1. The van der Waals surface area contributed by atoms with E-state index in [1.807, 2.05) is 0 Å². The van der Waals surface area contributed by atoms with Crippen LogP contribution in [0.25, 0.3) is 21.9 Å². The van der Waals surface area contributed by atoms with Gasteiger partial charge in [0.15, 0.2) is 0 Å². The van der Waals surface area contributed by atoms with E-state index in [1.54, 1.807) is 0 Å². The molecule has 1 aliphatic rings. The molecule has 0 aliphatic heterocycles. The Labute approximate surface area is 429 Å². The van der Waals surface area contributed by atoms with Crippen molar-refractivity contribution in [2.24, 2.45) is 9.98 Å². The third-order valence-corrected chi connectivity index (χ3v) is 13.6. The molecular weight excluding hydrogens is 1020 g/mol. The summed E-state index contributed by atoms with van der Waals surface area (Å²) in [5.74, 6) is 0.211. The van der Waals surface area contributed by atoms with Gasteiger partial charge in [-0.25, -0.2) is 9.98 Å². The van der Waals surface area contributed by atoms with Gasteiger partial charge < -0.3 is 0 Å². The van der Waals surface area contributed by atoms with Gasteiger partial charge in [0.2, 0.25) is 0 Å². The van der Waals surface area contributed by atoms with E-state index in [2.05, 4.69) is 262 Å². The van der Waals surface area contributed by atoms with Crippen molar-refractivity contribution >= 4 is 62.0 Å². The Morgan fingerprint density at radius 2 is 0.681 bits per heavy atom. The zero-order valence-electron chi connectivity index (χ0n) is 39.6. The Morgan fingerprint density at radius 3 is 1.03 bits per heavy atom. The van der Waals surface area contributed by atoms with E-state index in [0.29, 0.717) is 0 Å². The zero-order chi connectivity index (χ0) is 47.7. The molecule has 0 spiro atoms. The van der Waals surface area contributed by atoms with Crippen molar-refractivity contribution in [2.45, 2.75) is 65.2 Å². The van der Waals surface area contributed by atoms with E-state index < -0.39 is 0 Å². The van der Waals surface area contributed by atoms with Crippen molar-refractivity contribution in [3.63, 3.8) is 0 Å². The van der Waals surface area contributed by atoms with Gasteiger partial charge in [-0.05, 0) is 97.8 Å². The van der Waals surface area contributed by atoms with E-state index in [9.17, 15) is 0 Å². The molecule has 0 amide bonds. The molecule has 0 heterocycles. The molecule has 1 aliphatic carbocycles. The quantitative estimate of drug-likeness (QED) is 0.0812. The van der Waals surface area contributed by atoms with Gasteiger partial charge in [0.1, 0.15) is 0 Å². The summed E-state index contributed by atoms with van der Waals surface area (Å²) in [5.41, 5.74) is 21.5. The number of halogens is 2. The standard InChI is InChI=1S/C64H56N2.2BrH.Ni/c1-5-43-39-52(58(48-27-16-10-17-28-48)49-29-18-11-19-30-49)40-44(6-2)61(43)65-63-56-36-24-35-55-54(47-25-14-9-15-26-47)37-38-57(60(55)56)64(63)66-62-45(7-3)41-53(42-46(62)8-4)59(50-31-20-12-21-32-50)51-33-22-13-23-34-51;;;/h9-42,58-59H,5-8H2,1-4H3;2*1H;/q;;;+2/p-2. The van der Waals surface area contributed by atoms with Crippen molar-refractivity contribution in [3.05, 3.63) is 273 Å². The van der Waals surface area contributed by atoms with Crippen LogP contribution in [0.4, 0.5) is 11.4 Å². The third kappa shape index (κ3) is 10.1. The van der Waals surface area contributed by atoms with E-state index in [-0.39, 0.29) is 11.8 Å². The zero-order valence-corrected chi connectivity index (χ0v) is 43.7. The number of aliphatic imine (C=N–C) groups is 2. The van der Waals surface area contributed by atoms with Crippen LogP contribution in [0.1, 0.15) is 106 Å². The molecule has 0 saturated carbocycles. The molecule has 0 aromatic heterocycles. The van der Waals surface area contributed by atoms with Crippen LogP contribution in [0.3, 0.4) is 0 Å². The second-order valence-electron chi connectivity index (χ2n) is 17.5. The van der Waals surface area contributed by atoms with Crippen LogP contribution in [0.15, 0.2) is 216 Å². The maximum atomic E-state index is 5.89. The fraction of sp³-hybridized carbons (Fsp3) is 0.156. The summed E-state index contributed by atoms with van der Waals surface area (Å²) in [5, 5.41) is 2.44. The molecule has 0 unspecified atom stereocenters. The molecule has 0 N–H and O–H groups in total. The molecule has 0 saturated heterocycles. The fourth-order valence-corrected chi connectivity index (χ4v) is 10.4. The summed E-state index contributed by atoms with van der Waals surface area (Å²) in [6.45, 7) is 9.09. The monoisotopic (exact) mass is 1070 g/mol. The van der Waals surface area contributed by atoms with Crippen molar-refractivity contribution < 1.29 is 10.9 Å². The third-order valence-electron chi connectivity index (χ3n) is 13.6. The first kappa shape index (κ1) is 48.1. The van der Waals surface area contributed by atoms with Crippen molar-refractivity contribution in [1.82, 2.24) is 0 Å². The maximum absolute atomic E-state index is 5.89. The number of hydrogen-bond donors (Lipinski definition) is 0. The minimum atomic E-state index is 0.106. The second kappa shape index (κ2) is 22.6. The number of hydrogen-bond acceptors (Lipinski definition) is 2. The minimum absolute atomic E-state index is 0.106. The molecule has 10 rings (SSSR count). The summed E-state index contributed by atoms with van der Waals surface area (Å²) in [6, 6.07) is 75.6. The topological polar surface area (TPSA) is 24.7 Å². The fourth-order valence-electron chi connectivity index (χ4n) is 10.4. The van der Waals surface area contributed by atoms with E-state index >= 15 is 0 Å². The van der Waals surface area contributed by atoms with Crippen LogP contribution in [0, 0.1) is 0 Å². The van der Waals surface area contributed by atoms with Crippen LogP contribution < -0.4 is 0 Å². The summed E-state index contributed by atoms with van der Waals surface area (Å²) in [4.78, 5) is 11.8. The molecule has 0 fully saturated rings. The summed E-state index contributed by atoms with van der Waals surface area (Å²) < 4.78 is 0. The van der Waals surface area contributed by atoms with Crippen LogP contribution in [0.2, 0.25) is 0 Å². The molecule has 346 valence electrons. The summed E-state index contributed by atoms with van der Waals surface area (Å²) >= 11 is 6.00. The molecule has 0 radical (unpaired) electrons. The van der Waals surface area contributed by atoms with Crippen LogP contribution in [-0.2, 0) is 36.6 Å². The van der Waals surface area contributed by atoms with Gasteiger partial charge in [-0.15, -0.1) is 0 Å². The van der Waals surface area contributed by atoms with E-state index in [1.165, 1.54) is 88.4 Å². The Hall–Kier alpha value is -5.97. The van der Waals surface area contributed by atoms with E-state index in [0.717, 1.165) is 59.6 Å². The molecule has 0 bridgehead atoms.